The van der Waals surface area contributed by atoms with Crippen LogP contribution in [-0.2, 0) is 4.74 Å². The molecule has 0 aliphatic carbocycles. The summed E-state index contributed by atoms with van der Waals surface area (Å²) in [6, 6.07) is 0. The van der Waals surface area contributed by atoms with Crippen molar-refractivity contribution in [2.75, 3.05) is 20.2 Å². The van der Waals surface area contributed by atoms with Gasteiger partial charge in [-0.1, -0.05) is 6.92 Å². The molecule has 2 nitrogen and oxygen atoms in total. The summed E-state index contributed by atoms with van der Waals surface area (Å²) in [5, 5.41) is 0. The molecule has 0 N–H and O–H groups in total. The lowest BCUT2D eigenvalue weighted by atomic mass is 9.82. The number of hydrogen-bond donors (Lipinski definition) is 0. The third-order valence-corrected chi connectivity index (χ3v) is 3.68. The largest absolute Gasteiger partial charge is 0.400 e. The molecule has 2 unspecified atom stereocenters. The Morgan fingerprint density at radius 3 is 2.16 bits per heavy atom. The number of methoxy groups -OCH3 is 1. The van der Waals surface area contributed by atoms with Crippen LogP contribution in [-0.4, -0.2) is 43.7 Å². The van der Waals surface area contributed by atoms with Crippen molar-refractivity contribution in [3.8, 4) is 0 Å². The third kappa shape index (κ3) is 3.53. The molecule has 0 aromatic carbocycles. The minimum atomic E-state index is -4.42. The fourth-order valence-electron chi connectivity index (χ4n) is 2.12. The first-order valence-corrected chi connectivity index (χ1v) is 5.91. The summed E-state index contributed by atoms with van der Waals surface area (Å²) in [5.41, 5.74) is -1.95. The average Bonchev–Trinajstić information content (AvgIpc) is 2.50. The van der Waals surface area contributed by atoms with E-state index < -0.39 is 30.4 Å². The number of alkyl halides is 6. The number of halogens is 6. The summed E-state index contributed by atoms with van der Waals surface area (Å²) in [5.74, 6) is 0. The van der Waals surface area contributed by atoms with Crippen LogP contribution in [0, 0.1) is 5.41 Å². The van der Waals surface area contributed by atoms with E-state index in [9.17, 15) is 26.3 Å². The molecule has 1 saturated heterocycles. The molecule has 0 spiro atoms. The minimum Gasteiger partial charge on any atom is -0.320 e. The van der Waals surface area contributed by atoms with Crippen molar-refractivity contribution >= 4 is 0 Å². The second-order valence-electron chi connectivity index (χ2n) is 5.05. The Labute approximate surface area is 107 Å². The van der Waals surface area contributed by atoms with E-state index in [0.717, 1.165) is 6.92 Å². The molecule has 1 rings (SSSR count). The smallest absolute Gasteiger partial charge is 0.320 e. The normalized spacial score (nSPS) is 29.1. The van der Waals surface area contributed by atoms with E-state index >= 15 is 0 Å². The lowest BCUT2D eigenvalue weighted by Gasteiger charge is -2.32. The first kappa shape index (κ1) is 16.6. The summed E-state index contributed by atoms with van der Waals surface area (Å²) in [7, 11) is 0.657. The van der Waals surface area contributed by atoms with Crippen LogP contribution in [0.3, 0.4) is 0 Å². The van der Waals surface area contributed by atoms with Crippen molar-refractivity contribution in [1.82, 2.24) is 4.90 Å². The highest BCUT2D eigenvalue weighted by molar-refractivity contribution is 4.87. The molecule has 8 heteroatoms. The zero-order chi connectivity index (χ0) is 14.9. The molecule has 1 heterocycles. The molecule has 0 bridgehead atoms. The van der Waals surface area contributed by atoms with Crippen molar-refractivity contribution < 1.29 is 31.1 Å². The quantitative estimate of drug-likeness (QED) is 0.582. The van der Waals surface area contributed by atoms with Gasteiger partial charge < -0.3 is 4.74 Å². The summed E-state index contributed by atoms with van der Waals surface area (Å²) in [6.45, 7) is 0.514. The Bertz CT molecular complexity index is 308. The van der Waals surface area contributed by atoms with Gasteiger partial charge in [0.15, 0.2) is 0 Å². The molecule has 1 fully saturated rings. The fraction of sp³-hybridized carbons (Fsp3) is 1.00. The second-order valence-corrected chi connectivity index (χ2v) is 5.05. The molecule has 0 aromatic heterocycles. The van der Waals surface area contributed by atoms with Crippen LogP contribution < -0.4 is 0 Å². The molecule has 0 radical (unpaired) electrons. The SMILES string of the molecule is COC(F)(F)C(F)N1CCCC(C)(C(F)(F)F)CC1. The lowest BCUT2D eigenvalue weighted by Crippen LogP contribution is -2.47. The maximum atomic E-state index is 13.6. The molecule has 1 aliphatic rings. The van der Waals surface area contributed by atoms with Crippen molar-refractivity contribution in [2.45, 2.75) is 44.8 Å². The van der Waals surface area contributed by atoms with Gasteiger partial charge in [0.2, 0.25) is 6.30 Å². The summed E-state index contributed by atoms with van der Waals surface area (Å²) in [6.07, 6.45) is -11.8. The van der Waals surface area contributed by atoms with Crippen LogP contribution >= 0.6 is 0 Å². The van der Waals surface area contributed by atoms with Gasteiger partial charge in [0.25, 0.3) is 0 Å². The predicted molar refractivity (Wildman–Crippen MR) is 56.4 cm³/mol. The fourth-order valence-corrected chi connectivity index (χ4v) is 2.12. The molecule has 1 aliphatic heterocycles. The highest BCUT2D eigenvalue weighted by atomic mass is 19.4. The highest BCUT2D eigenvalue weighted by Crippen LogP contribution is 2.46. The standard InChI is InChI=1S/C11H17F6NO/c1-9(11(15,16)17)4-3-6-18(7-5-9)8(12)10(13,14)19-2/h8H,3-7H2,1-2H3. The molecule has 114 valence electrons. The van der Waals surface area contributed by atoms with Crippen LogP contribution in [0.1, 0.15) is 26.2 Å². The maximum Gasteiger partial charge on any atom is 0.400 e. The van der Waals surface area contributed by atoms with Gasteiger partial charge in [-0.3, -0.25) is 4.90 Å². The van der Waals surface area contributed by atoms with Crippen molar-refractivity contribution in [2.24, 2.45) is 5.41 Å². The van der Waals surface area contributed by atoms with Gasteiger partial charge >= 0.3 is 12.3 Å². The second kappa shape index (κ2) is 5.47. The number of ether oxygens (including phenoxy) is 1. The van der Waals surface area contributed by atoms with Gasteiger partial charge in [-0.05, 0) is 19.3 Å². The highest BCUT2D eigenvalue weighted by Gasteiger charge is 2.52. The minimum absolute atomic E-state index is 0.0101. The summed E-state index contributed by atoms with van der Waals surface area (Å²) >= 11 is 0. The number of hydrogen-bond acceptors (Lipinski definition) is 2. The van der Waals surface area contributed by atoms with Crippen LogP contribution in [0.15, 0.2) is 0 Å². The Hall–Kier alpha value is -0.500. The molecule has 0 saturated carbocycles. The van der Waals surface area contributed by atoms with Gasteiger partial charge in [0.05, 0.1) is 5.41 Å². The monoisotopic (exact) mass is 293 g/mol. The first-order valence-electron chi connectivity index (χ1n) is 5.91. The van der Waals surface area contributed by atoms with Gasteiger partial charge in [0, 0.05) is 20.2 Å². The van der Waals surface area contributed by atoms with Crippen LogP contribution in [0.25, 0.3) is 0 Å². The number of rotatable bonds is 3. The van der Waals surface area contributed by atoms with E-state index in [1.54, 1.807) is 0 Å². The van der Waals surface area contributed by atoms with Gasteiger partial charge in [-0.25, -0.2) is 4.39 Å². The Morgan fingerprint density at radius 1 is 1.11 bits per heavy atom. The predicted octanol–water partition coefficient (Wildman–Crippen LogP) is 3.58. The molecule has 0 aromatic rings. The van der Waals surface area contributed by atoms with Crippen LogP contribution in [0.5, 0.6) is 0 Å². The van der Waals surface area contributed by atoms with Gasteiger partial charge in [0.1, 0.15) is 0 Å². The zero-order valence-electron chi connectivity index (χ0n) is 10.7. The van der Waals surface area contributed by atoms with Crippen LogP contribution in [0.4, 0.5) is 26.3 Å². The maximum absolute atomic E-state index is 13.6. The van der Waals surface area contributed by atoms with Crippen LogP contribution in [0.2, 0.25) is 0 Å². The van der Waals surface area contributed by atoms with E-state index in [-0.39, 0.29) is 25.9 Å². The molecule has 2 atom stereocenters. The van der Waals surface area contributed by atoms with Crippen molar-refractivity contribution in [3.05, 3.63) is 0 Å². The Kier molecular flexibility index (Phi) is 4.77. The van der Waals surface area contributed by atoms with E-state index in [4.69, 9.17) is 0 Å². The van der Waals surface area contributed by atoms with Crippen molar-refractivity contribution in [1.29, 1.82) is 0 Å². The zero-order valence-corrected chi connectivity index (χ0v) is 10.7. The van der Waals surface area contributed by atoms with E-state index in [1.165, 1.54) is 0 Å². The number of likely N-dealkylation sites (tertiary alicyclic amines) is 1. The molecular weight excluding hydrogens is 276 g/mol. The Balaban J connectivity index is 2.75. The average molecular weight is 293 g/mol. The molecule has 19 heavy (non-hydrogen) atoms. The van der Waals surface area contributed by atoms with E-state index in [2.05, 4.69) is 4.74 Å². The third-order valence-electron chi connectivity index (χ3n) is 3.68. The van der Waals surface area contributed by atoms with E-state index in [0.29, 0.717) is 12.0 Å². The van der Waals surface area contributed by atoms with Gasteiger partial charge in [-0.2, -0.15) is 22.0 Å². The van der Waals surface area contributed by atoms with E-state index in [1.807, 2.05) is 0 Å². The topological polar surface area (TPSA) is 12.5 Å². The molecular formula is C11H17F6NO. The Morgan fingerprint density at radius 2 is 1.68 bits per heavy atom. The first-order chi connectivity index (χ1) is 8.53. The summed E-state index contributed by atoms with van der Waals surface area (Å²) < 4.78 is 81.9. The lowest BCUT2D eigenvalue weighted by molar-refractivity contribution is -0.289. The number of nitrogens with zero attached hydrogens (tertiary/aromatic N) is 1. The molecule has 0 amide bonds. The van der Waals surface area contributed by atoms with Crippen molar-refractivity contribution in [3.63, 3.8) is 0 Å². The summed E-state index contributed by atoms with van der Waals surface area (Å²) in [4.78, 5) is 0.709. The van der Waals surface area contributed by atoms with Gasteiger partial charge in [-0.15, -0.1) is 0 Å².